The van der Waals surface area contributed by atoms with Gasteiger partial charge in [-0.2, -0.15) is 0 Å². The number of ether oxygens (including phenoxy) is 6. The highest BCUT2D eigenvalue weighted by atomic mass is 32.2. The first kappa shape index (κ1) is 34.1. The number of hydrogen-bond donors (Lipinski definition) is 0. The Morgan fingerprint density at radius 3 is 1.66 bits per heavy atom. The number of benzene rings is 3. The van der Waals surface area contributed by atoms with Gasteiger partial charge in [0.2, 0.25) is 0 Å². The van der Waals surface area contributed by atoms with Crippen LogP contribution in [0.25, 0.3) is 0 Å². The molecule has 0 aromatic heterocycles. The number of methoxy groups -OCH3 is 2. The van der Waals surface area contributed by atoms with E-state index in [1.807, 2.05) is 18.2 Å². The van der Waals surface area contributed by atoms with Crippen molar-refractivity contribution in [3.63, 3.8) is 0 Å². The summed E-state index contributed by atoms with van der Waals surface area (Å²) in [7, 11) is 3.32. The Hall–Kier alpha value is -2.76. The number of hydrogen-bond acceptors (Lipinski definition) is 9. The molecule has 0 bridgehead atoms. The van der Waals surface area contributed by atoms with Crippen LogP contribution in [0, 0.1) is 0 Å². The molecule has 1 aliphatic heterocycles. The van der Waals surface area contributed by atoms with Crippen molar-refractivity contribution in [3.8, 4) is 0 Å². The Kier molecular flexibility index (Phi) is 15.2. The standard InChI is InChI=1S/C35H46N2O6S/c1-38-19-21-40-26-42-33-31(23-28-13-7-4-8-14-28)36-35(44-3)37(25-30-17-11-6-12-18-30)32(24-29-15-9-5-10-16-29)34(33)43-27-41-22-20-39-2/h4-18,31-34H,19-27H2,1-3H3. The van der Waals surface area contributed by atoms with E-state index in [2.05, 4.69) is 84.0 Å². The first-order valence-electron chi connectivity index (χ1n) is 15.1. The van der Waals surface area contributed by atoms with E-state index in [4.69, 9.17) is 33.4 Å². The molecule has 0 aliphatic carbocycles. The average molecular weight is 623 g/mol. The van der Waals surface area contributed by atoms with E-state index >= 15 is 0 Å². The van der Waals surface area contributed by atoms with Crippen LogP contribution in [0.1, 0.15) is 16.7 Å². The minimum absolute atomic E-state index is 0.102. The SMILES string of the molecule is COCCOCOC1C(Cc2ccccc2)N=C(SC)N(Cc2ccccc2)C(Cc2ccccc2)C1OCOCCOC. The van der Waals surface area contributed by atoms with Gasteiger partial charge in [-0.05, 0) is 35.8 Å². The maximum atomic E-state index is 6.71. The predicted octanol–water partition coefficient (Wildman–Crippen LogP) is 5.46. The number of rotatable bonds is 18. The molecule has 0 saturated carbocycles. The molecule has 0 N–H and O–H groups in total. The molecule has 4 atom stereocenters. The molecule has 9 heteroatoms. The number of aliphatic imine (C=N–C) groups is 1. The largest absolute Gasteiger partial charge is 0.382 e. The molecule has 0 fully saturated rings. The second-order valence-corrected chi connectivity index (χ2v) is 11.3. The van der Waals surface area contributed by atoms with E-state index in [1.165, 1.54) is 16.7 Å². The first-order chi connectivity index (χ1) is 21.7. The molecule has 4 rings (SSSR count). The predicted molar refractivity (Wildman–Crippen MR) is 176 cm³/mol. The first-order valence-corrected chi connectivity index (χ1v) is 16.3. The Labute approximate surface area is 266 Å². The van der Waals surface area contributed by atoms with E-state index in [1.54, 1.807) is 26.0 Å². The highest BCUT2D eigenvalue weighted by Gasteiger charge is 2.43. The van der Waals surface area contributed by atoms with Crippen molar-refractivity contribution in [2.75, 3.05) is 60.5 Å². The van der Waals surface area contributed by atoms with Gasteiger partial charge in [0.25, 0.3) is 0 Å². The fourth-order valence-corrected chi connectivity index (χ4v) is 6.02. The molecule has 0 amide bonds. The third kappa shape index (κ3) is 10.7. The van der Waals surface area contributed by atoms with Gasteiger partial charge in [-0.15, -0.1) is 0 Å². The van der Waals surface area contributed by atoms with Crippen molar-refractivity contribution in [1.29, 1.82) is 0 Å². The van der Waals surface area contributed by atoms with Crippen LogP contribution in [0.15, 0.2) is 96.0 Å². The summed E-state index contributed by atoms with van der Waals surface area (Å²) in [6, 6.07) is 31.1. The van der Waals surface area contributed by atoms with Crippen molar-refractivity contribution in [3.05, 3.63) is 108 Å². The van der Waals surface area contributed by atoms with Gasteiger partial charge in [-0.25, -0.2) is 0 Å². The van der Waals surface area contributed by atoms with Gasteiger partial charge in [0.05, 0.1) is 38.5 Å². The molecule has 4 unspecified atom stereocenters. The summed E-state index contributed by atoms with van der Waals surface area (Å²) in [6.07, 6.45) is 2.71. The third-order valence-electron chi connectivity index (χ3n) is 7.51. The molecule has 3 aromatic rings. The monoisotopic (exact) mass is 622 g/mol. The minimum Gasteiger partial charge on any atom is -0.382 e. The Morgan fingerprint density at radius 2 is 1.14 bits per heavy atom. The van der Waals surface area contributed by atoms with E-state index in [-0.39, 0.29) is 25.7 Å². The highest BCUT2D eigenvalue weighted by Crippen LogP contribution is 2.31. The summed E-state index contributed by atoms with van der Waals surface area (Å²) in [4.78, 5) is 7.81. The molecule has 0 saturated heterocycles. The zero-order valence-electron chi connectivity index (χ0n) is 26.1. The van der Waals surface area contributed by atoms with Gasteiger partial charge in [0.1, 0.15) is 25.8 Å². The number of thioether (sulfide) groups is 1. The molecule has 8 nitrogen and oxygen atoms in total. The van der Waals surface area contributed by atoms with Crippen LogP contribution < -0.4 is 0 Å². The van der Waals surface area contributed by atoms with E-state index < -0.39 is 12.2 Å². The second kappa shape index (κ2) is 19.6. The van der Waals surface area contributed by atoms with Crippen molar-refractivity contribution >= 4 is 16.9 Å². The average Bonchev–Trinajstić information content (AvgIpc) is 3.16. The zero-order chi connectivity index (χ0) is 30.8. The Bertz CT molecular complexity index is 1200. The summed E-state index contributed by atoms with van der Waals surface area (Å²) in [5.41, 5.74) is 3.59. The van der Waals surface area contributed by atoms with Crippen molar-refractivity contribution in [2.24, 2.45) is 4.99 Å². The van der Waals surface area contributed by atoms with Gasteiger partial charge in [-0.1, -0.05) is 103 Å². The smallest absolute Gasteiger partial charge is 0.159 e. The summed E-state index contributed by atoms with van der Waals surface area (Å²) in [6.45, 7) is 2.74. The molecule has 44 heavy (non-hydrogen) atoms. The van der Waals surface area contributed by atoms with Gasteiger partial charge in [-0.3, -0.25) is 4.99 Å². The molecule has 238 valence electrons. The highest BCUT2D eigenvalue weighted by molar-refractivity contribution is 8.13. The molecule has 1 heterocycles. The summed E-state index contributed by atoms with van der Waals surface area (Å²) < 4.78 is 35.4. The van der Waals surface area contributed by atoms with Crippen molar-refractivity contribution < 1.29 is 28.4 Å². The third-order valence-corrected chi connectivity index (χ3v) is 8.21. The molecular formula is C35H46N2O6S. The quantitative estimate of drug-likeness (QED) is 0.137. The summed E-state index contributed by atoms with van der Waals surface area (Å²) in [5, 5.41) is 0.955. The van der Waals surface area contributed by atoms with Crippen LogP contribution in [0.4, 0.5) is 0 Å². The van der Waals surface area contributed by atoms with Crippen LogP contribution in [0.5, 0.6) is 0 Å². The second-order valence-electron chi connectivity index (χ2n) is 10.5. The number of amidine groups is 1. The summed E-state index contributed by atoms with van der Waals surface area (Å²) >= 11 is 1.66. The topological polar surface area (TPSA) is 71.0 Å². The van der Waals surface area contributed by atoms with Crippen molar-refractivity contribution in [1.82, 2.24) is 4.90 Å². The van der Waals surface area contributed by atoms with Crippen molar-refractivity contribution in [2.45, 2.75) is 43.7 Å². The van der Waals surface area contributed by atoms with Crippen LogP contribution in [-0.4, -0.2) is 94.8 Å². The maximum absolute atomic E-state index is 6.71. The van der Waals surface area contributed by atoms with Gasteiger partial charge in [0.15, 0.2) is 5.17 Å². The van der Waals surface area contributed by atoms with E-state index in [0.717, 1.165) is 11.6 Å². The normalized spacial score (nSPS) is 20.3. The van der Waals surface area contributed by atoms with Gasteiger partial charge in [0, 0.05) is 20.8 Å². The molecular weight excluding hydrogens is 576 g/mol. The van der Waals surface area contributed by atoms with Gasteiger partial charge >= 0.3 is 0 Å². The van der Waals surface area contributed by atoms with E-state index in [9.17, 15) is 0 Å². The fourth-order valence-electron chi connectivity index (χ4n) is 5.35. The maximum Gasteiger partial charge on any atom is 0.159 e. The van der Waals surface area contributed by atoms with Crippen LogP contribution >= 0.6 is 11.8 Å². The lowest BCUT2D eigenvalue weighted by molar-refractivity contribution is -0.187. The summed E-state index contributed by atoms with van der Waals surface area (Å²) in [5.74, 6) is 0. The lowest BCUT2D eigenvalue weighted by atomic mass is 9.91. The lowest BCUT2D eigenvalue weighted by Crippen LogP contribution is -2.53. The molecule has 1 aliphatic rings. The Morgan fingerprint density at radius 1 is 0.636 bits per heavy atom. The van der Waals surface area contributed by atoms with Crippen LogP contribution in [0.3, 0.4) is 0 Å². The fraction of sp³-hybridized carbons (Fsp3) is 0.457. The molecule has 0 spiro atoms. The number of nitrogens with zero attached hydrogens (tertiary/aromatic N) is 2. The van der Waals surface area contributed by atoms with Crippen LogP contribution in [-0.2, 0) is 47.8 Å². The van der Waals surface area contributed by atoms with E-state index in [0.29, 0.717) is 39.4 Å². The minimum atomic E-state index is -0.416. The molecule has 0 radical (unpaired) electrons. The lowest BCUT2D eigenvalue weighted by Gasteiger charge is -2.39. The van der Waals surface area contributed by atoms with Crippen LogP contribution in [0.2, 0.25) is 0 Å². The van der Waals surface area contributed by atoms with Gasteiger partial charge < -0.3 is 33.3 Å². The Balaban J connectivity index is 1.76. The molecule has 3 aromatic carbocycles. The zero-order valence-corrected chi connectivity index (χ0v) is 26.9.